The number of nitrogens with zero attached hydrogens (tertiary/aromatic N) is 1. The van der Waals surface area contributed by atoms with Crippen LogP contribution in [0.4, 0.5) is 5.69 Å². The minimum atomic E-state index is -0.440. The van der Waals surface area contributed by atoms with Crippen molar-refractivity contribution < 1.29 is 9.53 Å². The number of carbonyl (C=O) groups excluding carboxylic acids is 1. The molecule has 0 heterocycles. The maximum Gasteiger partial charge on any atom is 0.311 e. The van der Waals surface area contributed by atoms with Crippen LogP contribution in [0.15, 0.2) is 23.4 Å². The van der Waals surface area contributed by atoms with Gasteiger partial charge in [-0.1, -0.05) is 19.4 Å². The van der Waals surface area contributed by atoms with E-state index in [0.717, 1.165) is 32.1 Å². The smallest absolute Gasteiger partial charge is 0.311 e. The van der Waals surface area contributed by atoms with Crippen LogP contribution in [0.3, 0.4) is 0 Å². The average molecular weight is 301 g/mol. The van der Waals surface area contributed by atoms with Crippen molar-refractivity contribution >= 4 is 11.7 Å². The highest BCUT2D eigenvalue weighted by atomic mass is 16.5. The van der Waals surface area contributed by atoms with E-state index in [1.807, 2.05) is 19.1 Å². The monoisotopic (exact) mass is 301 g/mol. The van der Waals surface area contributed by atoms with Crippen LogP contribution in [0, 0.1) is 16.2 Å². The van der Waals surface area contributed by atoms with Gasteiger partial charge in [-0.3, -0.25) is 4.79 Å². The number of methoxy groups -OCH3 is 1. The van der Waals surface area contributed by atoms with Gasteiger partial charge in [-0.15, -0.1) is 4.91 Å². The quantitative estimate of drug-likeness (QED) is 0.605. The van der Waals surface area contributed by atoms with Crippen LogP contribution < -0.4 is 0 Å². The van der Waals surface area contributed by atoms with E-state index in [2.05, 4.69) is 12.1 Å². The van der Waals surface area contributed by atoms with E-state index in [9.17, 15) is 9.70 Å². The molecule has 2 aliphatic rings. The van der Waals surface area contributed by atoms with Gasteiger partial charge >= 0.3 is 5.97 Å². The predicted molar refractivity (Wildman–Crippen MR) is 85.0 cm³/mol. The Hall–Kier alpha value is -1.71. The maximum atomic E-state index is 12.4. The second-order valence-corrected chi connectivity index (χ2v) is 7.20. The molecule has 2 aliphatic carbocycles. The number of hydrogen-bond donors (Lipinski definition) is 0. The number of nitroso groups, excluding NO2 is 1. The van der Waals surface area contributed by atoms with Crippen LogP contribution >= 0.6 is 0 Å². The van der Waals surface area contributed by atoms with Crippen LogP contribution in [-0.4, -0.2) is 13.1 Å². The Morgan fingerprint density at radius 3 is 2.77 bits per heavy atom. The number of rotatable bonds is 2. The molecule has 1 aromatic rings. The average Bonchev–Trinajstić information content (AvgIpc) is 2.53. The largest absolute Gasteiger partial charge is 0.469 e. The van der Waals surface area contributed by atoms with Crippen molar-refractivity contribution in [1.82, 2.24) is 0 Å². The van der Waals surface area contributed by atoms with Crippen molar-refractivity contribution in [1.29, 1.82) is 0 Å². The fraction of sp³-hybridized carbons (Fsp3) is 0.611. The minimum absolute atomic E-state index is 0.0878. The van der Waals surface area contributed by atoms with Crippen molar-refractivity contribution in [3.05, 3.63) is 34.2 Å². The number of ether oxygens (including phenoxy) is 1. The van der Waals surface area contributed by atoms with Crippen molar-refractivity contribution in [3.8, 4) is 0 Å². The summed E-state index contributed by atoms with van der Waals surface area (Å²) in [6.07, 6.45) is 4.85. The molecular formula is C18H23NO3. The molecule has 1 saturated carbocycles. The van der Waals surface area contributed by atoms with Crippen molar-refractivity contribution in [2.45, 2.75) is 51.4 Å². The fourth-order valence-electron chi connectivity index (χ4n) is 4.98. The van der Waals surface area contributed by atoms with E-state index in [-0.39, 0.29) is 17.3 Å². The first-order valence-electron chi connectivity index (χ1n) is 8.01. The van der Waals surface area contributed by atoms with Crippen LogP contribution in [0.1, 0.15) is 50.7 Å². The van der Waals surface area contributed by atoms with Gasteiger partial charge in [0.25, 0.3) is 0 Å². The van der Waals surface area contributed by atoms with Gasteiger partial charge in [-0.25, -0.2) is 0 Å². The number of esters is 1. The highest BCUT2D eigenvalue weighted by Crippen LogP contribution is 2.57. The first-order valence-corrected chi connectivity index (χ1v) is 8.01. The highest BCUT2D eigenvalue weighted by molar-refractivity contribution is 5.77. The van der Waals surface area contributed by atoms with E-state index in [1.165, 1.54) is 18.2 Å². The summed E-state index contributed by atoms with van der Waals surface area (Å²) < 4.78 is 5.11. The third-order valence-electron chi connectivity index (χ3n) is 6.10. The van der Waals surface area contributed by atoms with Crippen LogP contribution in [0.5, 0.6) is 0 Å². The summed E-state index contributed by atoms with van der Waals surface area (Å²) in [6, 6.07) is 5.74. The Kier molecular flexibility index (Phi) is 3.58. The fourth-order valence-corrected chi connectivity index (χ4v) is 4.98. The molecule has 22 heavy (non-hydrogen) atoms. The Bertz CT molecular complexity index is 627. The molecule has 0 saturated heterocycles. The molecule has 0 radical (unpaired) electrons. The number of benzene rings is 1. The van der Waals surface area contributed by atoms with E-state index >= 15 is 0 Å². The third-order valence-corrected chi connectivity index (χ3v) is 6.10. The molecule has 3 atom stereocenters. The number of aryl methyl sites for hydroxylation is 1. The van der Waals surface area contributed by atoms with Crippen molar-refractivity contribution in [2.24, 2.45) is 16.5 Å². The van der Waals surface area contributed by atoms with Gasteiger partial charge in [-0.05, 0) is 72.4 Å². The van der Waals surface area contributed by atoms with Crippen molar-refractivity contribution in [2.75, 3.05) is 7.11 Å². The summed E-state index contributed by atoms with van der Waals surface area (Å²) in [5, 5.41) is 3.09. The first-order chi connectivity index (χ1) is 10.5. The molecule has 3 rings (SSSR count). The molecule has 0 aliphatic heterocycles. The maximum absolute atomic E-state index is 12.4. The second-order valence-electron chi connectivity index (χ2n) is 7.20. The Morgan fingerprint density at radius 2 is 2.09 bits per heavy atom. The summed E-state index contributed by atoms with van der Waals surface area (Å²) in [5.74, 6) is 0.146. The minimum Gasteiger partial charge on any atom is -0.469 e. The number of fused-ring (bicyclic) bond motifs is 3. The topological polar surface area (TPSA) is 55.7 Å². The predicted octanol–water partition coefficient (Wildman–Crippen LogP) is 4.27. The SMILES string of the molecule is COC(=O)C1(C)CCC[C@]2(C)c3cc(N=O)ccc3CC[C@@H]12. The summed E-state index contributed by atoms with van der Waals surface area (Å²) >= 11 is 0. The summed E-state index contributed by atoms with van der Waals surface area (Å²) in [5.41, 5.74) is 2.45. The molecule has 0 bridgehead atoms. The number of hydrogen-bond acceptors (Lipinski definition) is 4. The van der Waals surface area contributed by atoms with Gasteiger partial charge in [0.15, 0.2) is 0 Å². The molecule has 0 N–H and O–H groups in total. The molecule has 0 aromatic heterocycles. The lowest BCUT2D eigenvalue weighted by atomic mass is 9.50. The molecule has 1 fully saturated rings. The number of carbonyl (C=O) groups is 1. The third kappa shape index (κ3) is 2.00. The zero-order valence-electron chi connectivity index (χ0n) is 13.5. The molecule has 118 valence electrons. The molecule has 0 spiro atoms. The summed E-state index contributed by atoms with van der Waals surface area (Å²) in [6.45, 7) is 4.29. The van der Waals surface area contributed by atoms with E-state index in [0.29, 0.717) is 5.69 Å². The Morgan fingerprint density at radius 1 is 1.32 bits per heavy atom. The molecule has 1 aromatic carbocycles. The zero-order chi connectivity index (χ0) is 16.0. The Balaban J connectivity index is 2.11. The molecular weight excluding hydrogens is 278 g/mol. The van der Waals surface area contributed by atoms with E-state index in [1.54, 1.807) is 6.07 Å². The summed E-state index contributed by atoms with van der Waals surface area (Å²) in [7, 11) is 1.48. The Labute approximate surface area is 131 Å². The van der Waals surface area contributed by atoms with Crippen LogP contribution in [-0.2, 0) is 21.4 Å². The van der Waals surface area contributed by atoms with Crippen molar-refractivity contribution in [3.63, 3.8) is 0 Å². The normalized spacial score (nSPS) is 33.5. The lowest BCUT2D eigenvalue weighted by Gasteiger charge is -2.54. The highest BCUT2D eigenvalue weighted by Gasteiger charge is 2.55. The van der Waals surface area contributed by atoms with Gasteiger partial charge in [0.2, 0.25) is 0 Å². The second kappa shape index (κ2) is 5.18. The van der Waals surface area contributed by atoms with Gasteiger partial charge in [0, 0.05) is 0 Å². The molecule has 1 unspecified atom stereocenters. The van der Waals surface area contributed by atoms with Crippen LogP contribution in [0.2, 0.25) is 0 Å². The summed E-state index contributed by atoms with van der Waals surface area (Å²) in [4.78, 5) is 23.3. The molecule has 4 heteroatoms. The van der Waals surface area contributed by atoms with Crippen LogP contribution in [0.25, 0.3) is 0 Å². The van der Waals surface area contributed by atoms with Gasteiger partial charge in [-0.2, -0.15) is 0 Å². The van der Waals surface area contributed by atoms with Gasteiger partial charge in [0.05, 0.1) is 12.5 Å². The first kappa shape index (κ1) is 15.2. The van der Waals surface area contributed by atoms with Gasteiger partial charge in [0.1, 0.15) is 5.69 Å². The van der Waals surface area contributed by atoms with Gasteiger partial charge < -0.3 is 4.74 Å². The zero-order valence-corrected chi connectivity index (χ0v) is 13.5. The lowest BCUT2D eigenvalue weighted by molar-refractivity contribution is -0.161. The molecule has 4 nitrogen and oxygen atoms in total. The lowest BCUT2D eigenvalue weighted by Crippen LogP contribution is -2.52. The van der Waals surface area contributed by atoms with E-state index < -0.39 is 5.41 Å². The molecule has 0 amide bonds. The van der Waals surface area contributed by atoms with E-state index in [4.69, 9.17) is 4.74 Å². The standard InChI is InChI=1S/C18H23NO3/c1-17-9-4-10-18(2,16(20)22-3)15(17)8-6-12-5-7-13(19-21)11-14(12)17/h5,7,11,15H,4,6,8-10H2,1-3H3/t15-,17-,18?/m1/s1.